The normalized spacial score (nSPS) is 15.1. The number of nitrogens with zero attached hydrogens (tertiary/aromatic N) is 1. The Morgan fingerprint density at radius 2 is 2.29 bits per heavy atom. The summed E-state index contributed by atoms with van der Waals surface area (Å²) < 4.78 is 5.53. The first-order valence-electron chi connectivity index (χ1n) is 4.79. The maximum absolute atomic E-state index is 5.84. The number of halogens is 1. The molecule has 0 fully saturated rings. The lowest BCUT2D eigenvalue weighted by Gasteiger charge is -2.28. The Kier molecular flexibility index (Phi) is 3.90. The lowest BCUT2D eigenvalue weighted by atomic mass is 9.92. The van der Waals surface area contributed by atoms with Crippen molar-refractivity contribution in [2.45, 2.75) is 32.3 Å². The van der Waals surface area contributed by atoms with Crippen LogP contribution < -0.4 is 0 Å². The van der Waals surface area contributed by atoms with E-state index in [9.17, 15) is 0 Å². The molecule has 0 aliphatic rings. The third-order valence-electron chi connectivity index (χ3n) is 2.51. The Balaban J connectivity index is 2.99. The van der Waals surface area contributed by atoms with Gasteiger partial charge in [-0.1, -0.05) is 24.9 Å². The molecule has 1 aromatic heterocycles. The molecule has 0 aliphatic carbocycles. The molecule has 0 amide bonds. The van der Waals surface area contributed by atoms with Crippen LogP contribution in [0.1, 0.15) is 32.3 Å². The van der Waals surface area contributed by atoms with E-state index in [0.29, 0.717) is 5.15 Å². The number of hydrogen-bond acceptors (Lipinski definition) is 2. The number of ether oxygens (including phenoxy) is 1. The second-order valence-corrected chi connectivity index (χ2v) is 3.94. The minimum absolute atomic E-state index is 0.249. The fourth-order valence-corrected chi connectivity index (χ4v) is 1.75. The van der Waals surface area contributed by atoms with Crippen LogP contribution in [0, 0.1) is 0 Å². The summed E-state index contributed by atoms with van der Waals surface area (Å²) in [5.74, 6) is 0. The molecule has 1 unspecified atom stereocenters. The molecule has 78 valence electrons. The molecule has 1 atom stereocenters. The van der Waals surface area contributed by atoms with Gasteiger partial charge in [-0.2, -0.15) is 0 Å². The lowest BCUT2D eigenvalue weighted by molar-refractivity contribution is -0.00616. The van der Waals surface area contributed by atoms with Gasteiger partial charge < -0.3 is 4.74 Å². The molecule has 0 radical (unpaired) electrons. The van der Waals surface area contributed by atoms with Gasteiger partial charge in [0.25, 0.3) is 0 Å². The van der Waals surface area contributed by atoms with Gasteiger partial charge in [0.05, 0.1) is 5.60 Å². The SMILES string of the molecule is CCCC(C)(OC)c1ccnc(Cl)c1. The van der Waals surface area contributed by atoms with Crippen molar-refractivity contribution in [2.24, 2.45) is 0 Å². The molecule has 0 N–H and O–H groups in total. The van der Waals surface area contributed by atoms with Crippen molar-refractivity contribution in [1.29, 1.82) is 0 Å². The van der Waals surface area contributed by atoms with E-state index in [0.717, 1.165) is 18.4 Å². The predicted octanol–water partition coefficient (Wildman–Crippen LogP) is 3.40. The van der Waals surface area contributed by atoms with E-state index < -0.39 is 0 Å². The number of hydrogen-bond donors (Lipinski definition) is 0. The number of methoxy groups -OCH3 is 1. The average Bonchev–Trinajstić information content (AvgIpc) is 2.18. The Morgan fingerprint density at radius 3 is 2.79 bits per heavy atom. The van der Waals surface area contributed by atoms with Gasteiger partial charge >= 0.3 is 0 Å². The fourth-order valence-electron chi connectivity index (χ4n) is 1.57. The van der Waals surface area contributed by atoms with Crippen molar-refractivity contribution in [3.05, 3.63) is 29.0 Å². The summed E-state index contributed by atoms with van der Waals surface area (Å²) >= 11 is 5.84. The topological polar surface area (TPSA) is 22.1 Å². The van der Waals surface area contributed by atoms with E-state index in [4.69, 9.17) is 16.3 Å². The van der Waals surface area contributed by atoms with Crippen LogP contribution in [0.15, 0.2) is 18.3 Å². The Bertz CT molecular complexity index is 303. The third kappa shape index (κ3) is 2.46. The molecular weight excluding hydrogens is 198 g/mol. The number of aromatic nitrogens is 1. The maximum Gasteiger partial charge on any atom is 0.129 e. The molecule has 1 rings (SSSR count). The maximum atomic E-state index is 5.84. The van der Waals surface area contributed by atoms with Crippen molar-refractivity contribution in [1.82, 2.24) is 4.98 Å². The highest BCUT2D eigenvalue weighted by Crippen LogP contribution is 2.30. The van der Waals surface area contributed by atoms with Gasteiger partial charge in [0.15, 0.2) is 0 Å². The Labute approximate surface area is 90.3 Å². The average molecular weight is 214 g/mol. The van der Waals surface area contributed by atoms with Crippen LogP contribution in [-0.2, 0) is 10.3 Å². The Morgan fingerprint density at radius 1 is 1.57 bits per heavy atom. The van der Waals surface area contributed by atoms with Crippen molar-refractivity contribution in [3.63, 3.8) is 0 Å². The number of pyridine rings is 1. The monoisotopic (exact) mass is 213 g/mol. The van der Waals surface area contributed by atoms with Gasteiger partial charge in [-0.25, -0.2) is 4.98 Å². The van der Waals surface area contributed by atoms with Crippen LogP contribution in [0.4, 0.5) is 0 Å². The fraction of sp³-hybridized carbons (Fsp3) is 0.545. The van der Waals surface area contributed by atoms with E-state index >= 15 is 0 Å². The van der Waals surface area contributed by atoms with E-state index in [1.165, 1.54) is 0 Å². The van der Waals surface area contributed by atoms with Crippen molar-refractivity contribution < 1.29 is 4.74 Å². The molecular formula is C11H16ClNO. The summed E-state index contributed by atoms with van der Waals surface area (Å²) in [6, 6.07) is 3.81. The van der Waals surface area contributed by atoms with Crippen molar-refractivity contribution in [2.75, 3.05) is 7.11 Å². The quantitative estimate of drug-likeness (QED) is 0.716. The molecule has 14 heavy (non-hydrogen) atoms. The van der Waals surface area contributed by atoms with Gasteiger partial charge in [0.2, 0.25) is 0 Å². The van der Waals surface area contributed by atoms with Gasteiger partial charge in [0, 0.05) is 13.3 Å². The van der Waals surface area contributed by atoms with Crippen LogP contribution >= 0.6 is 11.6 Å². The third-order valence-corrected chi connectivity index (χ3v) is 2.72. The van der Waals surface area contributed by atoms with Gasteiger partial charge in [0.1, 0.15) is 5.15 Å². The zero-order valence-corrected chi connectivity index (χ0v) is 9.64. The minimum atomic E-state index is -0.249. The molecule has 1 heterocycles. The van der Waals surface area contributed by atoms with E-state index in [1.54, 1.807) is 13.3 Å². The minimum Gasteiger partial charge on any atom is -0.374 e. The van der Waals surface area contributed by atoms with Crippen LogP contribution in [-0.4, -0.2) is 12.1 Å². The molecule has 0 spiro atoms. The summed E-state index contributed by atoms with van der Waals surface area (Å²) in [5, 5.41) is 0.516. The van der Waals surface area contributed by atoms with E-state index in [1.807, 2.05) is 12.1 Å². The largest absolute Gasteiger partial charge is 0.374 e. The second-order valence-electron chi connectivity index (χ2n) is 3.55. The van der Waals surface area contributed by atoms with Crippen molar-refractivity contribution >= 4 is 11.6 Å². The highest BCUT2D eigenvalue weighted by Gasteiger charge is 2.25. The molecule has 2 nitrogen and oxygen atoms in total. The molecule has 1 aromatic rings. The summed E-state index contributed by atoms with van der Waals surface area (Å²) in [5.41, 5.74) is 0.836. The smallest absolute Gasteiger partial charge is 0.129 e. The van der Waals surface area contributed by atoms with Gasteiger partial charge in [-0.3, -0.25) is 0 Å². The van der Waals surface area contributed by atoms with Crippen LogP contribution in [0.2, 0.25) is 5.15 Å². The van der Waals surface area contributed by atoms with Crippen molar-refractivity contribution in [3.8, 4) is 0 Å². The van der Waals surface area contributed by atoms with Crippen LogP contribution in [0.25, 0.3) is 0 Å². The highest BCUT2D eigenvalue weighted by atomic mass is 35.5. The molecule has 0 saturated carbocycles. The molecule has 0 aliphatic heterocycles. The van der Waals surface area contributed by atoms with E-state index in [-0.39, 0.29) is 5.60 Å². The molecule has 3 heteroatoms. The zero-order valence-electron chi connectivity index (χ0n) is 8.88. The standard InChI is InChI=1S/C11H16ClNO/c1-4-6-11(2,14-3)9-5-7-13-10(12)8-9/h5,7-8H,4,6H2,1-3H3. The first-order chi connectivity index (χ1) is 6.62. The van der Waals surface area contributed by atoms with Gasteiger partial charge in [-0.05, 0) is 31.0 Å². The Hall–Kier alpha value is -0.600. The molecule has 0 bridgehead atoms. The summed E-state index contributed by atoms with van der Waals surface area (Å²) in [6.45, 7) is 4.21. The first-order valence-corrected chi connectivity index (χ1v) is 5.17. The number of rotatable bonds is 4. The molecule has 0 aromatic carbocycles. The predicted molar refractivity (Wildman–Crippen MR) is 58.5 cm³/mol. The first kappa shape index (κ1) is 11.5. The summed E-state index contributed by atoms with van der Waals surface area (Å²) in [6.07, 6.45) is 3.76. The zero-order chi connectivity index (χ0) is 10.6. The van der Waals surface area contributed by atoms with E-state index in [2.05, 4.69) is 18.8 Å². The molecule has 0 saturated heterocycles. The van der Waals surface area contributed by atoms with Gasteiger partial charge in [-0.15, -0.1) is 0 Å². The highest BCUT2D eigenvalue weighted by molar-refractivity contribution is 6.29. The van der Waals surface area contributed by atoms with Crippen LogP contribution in [0.3, 0.4) is 0 Å². The summed E-state index contributed by atoms with van der Waals surface area (Å²) in [7, 11) is 1.73. The summed E-state index contributed by atoms with van der Waals surface area (Å²) in [4.78, 5) is 3.96. The van der Waals surface area contributed by atoms with Crippen LogP contribution in [0.5, 0.6) is 0 Å². The lowest BCUT2D eigenvalue weighted by Crippen LogP contribution is -2.24. The second kappa shape index (κ2) is 4.76.